The highest BCUT2D eigenvalue weighted by molar-refractivity contribution is 5.95. The number of allylic oxidation sites excluding steroid dienone is 4. The van der Waals surface area contributed by atoms with E-state index in [0.717, 1.165) is 44.9 Å². The Bertz CT molecular complexity index is 595. The van der Waals surface area contributed by atoms with Gasteiger partial charge in [0.2, 0.25) is 0 Å². The van der Waals surface area contributed by atoms with Gasteiger partial charge in [-0.05, 0) is 67.6 Å². The third-order valence-corrected chi connectivity index (χ3v) is 6.80. The van der Waals surface area contributed by atoms with Gasteiger partial charge >= 0.3 is 0 Å². The van der Waals surface area contributed by atoms with Crippen molar-refractivity contribution in [3.63, 3.8) is 0 Å². The van der Waals surface area contributed by atoms with Gasteiger partial charge in [0, 0.05) is 17.8 Å². The first-order chi connectivity index (χ1) is 10.0. The van der Waals surface area contributed by atoms with Crippen LogP contribution in [0.1, 0.15) is 58.8 Å². The highest BCUT2D eigenvalue weighted by Gasteiger charge is 2.53. The number of fused-ring (bicyclic) bond motifs is 4. The quantitative estimate of drug-likeness (QED) is 0.673. The predicted molar refractivity (Wildman–Crippen MR) is 81.7 cm³/mol. The molecule has 0 aromatic heterocycles. The van der Waals surface area contributed by atoms with Gasteiger partial charge in [-0.15, -0.1) is 0 Å². The van der Waals surface area contributed by atoms with Crippen LogP contribution in [-0.2, 0) is 9.59 Å². The third kappa shape index (κ3) is 1.77. The van der Waals surface area contributed by atoms with E-state index in [1.54, 1.807) is 5.57 Å². The molecule has 0 heterocycles. The summed E-state index contributed by atoms with van der Waals surface area (Å²) < 4.78 is 0. The van der Waals surface area contributed by atoms with E-state index in [-0.39, 0.29) is 11.3 Å². The van der Waals surface area contributed by atoms with Crippen molar-refractivity contribution in [2.24, 2.45) is 23.2 Å². The van der Waals surface area contributed by atoms with Crippen LogP contribution in [0, 0.1) is 23.2 Å². The normalized spacial score (nSPS) is 42.4. The largest absolute Gasteiger partial charge is 0.299 e. The summed E-state index contributed by atoms with van der Waals surface area (Å²) in [7, 11) is 0. The van der Waals surface area contributed by atoms with Crippen LogP contribution in [-0.4, -0.2) is 11.6 Å². The minimum absolute atomic E-state index is 0.0496. The van der Waals surface area contributed by atoms with E-state index in [4.69, 9.17) is 0 Å². The van der Waals surface area contributed by atoms with Crippen molar-refractivity contribution in [3.8, 4) is 0 Å². The molecule has 2 fully saturated rings. The number of rotatable bonds is 0. The zero-order valence-electron chi connectivity index (χ0n) is 13.1. The van der Waals surface area contributed by atoms with Crippen molar-refractivity contribution in [1.29, 1.82) is 0 Å². The Morgan fingerprint density at radius 1 is 1.14 bits per heavy atom. The van der Waals surface area contributed by atoms with E-state index in [1.807, 2.05) is 6.08 Å². The summed E-state index contributed by atoms with van der Waals surface area (Å²) in [5, 5.41) is 0. The molecule has 0 bridgehead atoms. The molecule has 0 saturated heterocycles. The van der Waals surface area contributed by atoms with Gasteiger partial charge in [-0.2, -0.15) is 0 Å². The minimum atomic E-state index is -0.0496. The monoisotopic (exact) mass is 284 g/mol. The zero-order valence-corrected chi connectivity index (χ0v) is 13.1. The van der Waals surface area contributed by atoms with Crippen molar-refractivity contribution in [1.82, 2.24) is 0 Å². The molecule has 2 nitrogen and oxygen atoms in total. The number of Topliss-reactive ketones (excluding diaryl/α,β-unsaturated/α-hetero) is 1. The maximum Gasteiger partial charge on any atom is 0.159 e. The first kappa shape index (κ1) is 13.5. The lowest BCUT2D eigenvalue weighted by Crippen LogP contribution is -2.40. The lowest BCUT2D eigenvalue weighted by atomic mass is 9.57. The number of ketones is 2. The molecule has 2 saturated carbocycles. The Kier molecular flexibility index (Phi) is 2.83. The number of carbonyl (C=O) groups excluding carboxylic acids is 2. The molecule has 0 radical (unpaired) electrons. The minimum Gasteiger partial charge on any atom is -0.299 e. The third-order valence-electron chi connectivity index (χ3n) is 6.80. The molecule has 0 aromatic rings. The fraction of sp³-hybridized carbons (Fsp3) is 0.684. The smallest absolute Gasteiger partial charge is 0.159 e. The topological polar surface area (TPSA) is 34.1 Å². The Hall–Kier alpha value is -1.18. The Morgan fingerprint density at radius 2 is 1.95 bits per heavy atom. The zero-order chi connectivity index (χ0) is 14.8. The van der Waals surface area contributed by atoms with Gasteiger partial charge in [0.1, 0.15) is 5.78 Å². The van der Waals surface area contributed by atoms with Crippen molar-refractivity contribution >= 4 is 11.6 Å². The molecule has 0 aromatic carbocycles. The second kappa shape index (κ2) is 4.41. The SMILES string of the molecule is CC1CC2=C3CC[C@]4(C)C(=O)CC[C@H]4[C@@H]3CCC2=CC1=O. The second-order valence-electron chi connectivity index (χ2n) is 7.81. The first-order valence-electron chi connectivity index (χ1n) is 8.50. The van der Waals surface area contributed by atoms with Crippen molar-refractivity contribution < 1.29 is 9.59 Å². The molecule has 21 heavy (non-hydrogen) atoms. The Morgan fingerprint density at radius 3 is 2.76 bits per heavy atom. The molecule has 0 aliphatic heterocycles. The Labute approximate surface area is 126 Å². The lowest BCUT2D eigenvalue weighted by molar-refractivity contribution is -0.128. The highest BCUT2D eigenvalue weighted by Crippen LogP contribution is 2.58. The summed E-state index contributed by atoms with van der Waals surface area (Å²) in [5.74, 6) is 2.14. The number of hydrogen-bond acceptors (Lipinski definition) is 2. The highest BCUT2D eigenvalue weighted by atomic mass is 16.1. The number of carbonyl (C=O) groups is 2. The molecule has 2 heteroatoms. The van der Waals surface area contributed by atoms with Gasteiger partial charge in [-0.25, -0.2) is 0 Å². The molecule has 0 amide bonds. The molecule has 4 aliphatic rings. The standard InChI is InChI=1S/C19H24O2/c1-11-9-15-12(10-17(11)20)3-4-14-13(15)7-8-19(2)16(14)5-6-18(19)21/h10-11,14,16H,3-9H2,1-2H3/t11?,14-,16+,19+/m1/s1. The summed E-state index contributed by atoms with van der Waals surface area (Å²) in [6.07, 6.45) is 9.04. The molecule has 4 atom stereocenters. The fourth-order valence-electron chi connectivity index (χ4n) is 5.45. The van der Waals surface area contributed by atoms with Gasteiger partial charge in [0.05, 0.1) is 0 Å². The second-order valence-corrected chi connectivity index (χ2v) is 7.81. The van der Waals surface area contributed by atoms with Crippen molar-refractivity contribution in [2.45, 2.75) is 58.8 Å². The molecule has 0 spiro atoms. The van der Waals surface area contributed by atoms with E-state index in [0.29, 0.717) is 23.4 Å². The van der Waals surface area contributed by atoms with Crippen LogP contribution in [0.5, 0.6) is 0 Å². The van der Waals surface area contributed by atoms with Gasteiger partial charge in [0.25, 0.3) is 0 Å². The molecule has 0 N–H and O–H groups in total. The van der Waals surface area contributed by atoms with E-state index >= 15 is 0 Å². The van der Waals surface area contributed by atoms with Crippen LogP contribution in [0.2, 0.25) is 0 Å². The summed E-state index contributed by atoms with van der Waals surface area (Å²) in [6, 6.07) is 0. The van der Waals surface area contributed by atoms with Gasteiger partial charge in [0.15, 0.2) is 5.78 Å². The molecule has 4 rings (SSSR count). The van der Waals surface area contributed by atoms with Gasteiger partial charge < -0.3 is 0 Å². The summed E-state index contributed by atoms with van der Waals surface area (Å²) in [5.41, 5.74) is 4.38. The van der Waals surface area contributed by atoms with Crippen LogP contribution in [0.15, 0.2) is 22.8 Å². The lowest BCUT2D eigenvalue weighted by Gasteiger charge is -2.46. The van der Waals surface area contributed by atoms with E-state index in [2.05, 4.69) is 13.8 Å². The predicted octanol–water partition coefficient (Wildman–Crippen LogP) is 4.01. The molecule has 1 unspecified atom stereocenters. The maximum absolute atomic E-state index is 12.3. The first-order valence-corrected chi connectivity index (χ1v) is 8.50. The molecular weight excluding hydrogens is 260 g/mol. The summed E-state index contributed by atoms with van der Waals surface area (Å²) in [6.45, 7) is 4.27. The van der Waals surface area contributed by atoms with E-state index < -0.39 is 0 Å². The Balaban J connectivity index is 1.76. The van der Waals surface area contributed by atoms with Gasteiger partial charge in [-0.1, -0.05) is 19.4 Å². The van der Waals surface area contributed by atoms with Crippen molar-refractivity contribution in [2.75, 3.05) is 0 Å². The molecule has 4 aliphatic carbocycles. The molecular formula is C19H24O2. The van der Waals surface area contributed by atoms with E-state index in [1.165, 1.54) is 11.1 Å². The summed E-state index contributed by atoms with van der Waals surface area (Å²) in [4.78, 5) is 24.3. The van der Waals surface area contributed by atoms with Crippen molar-refractivity contribution in [3.05, 3.63) is 22.8 Å². The molecule has 112 valence electrons. The van der Waals surface area contributed by atoms with Gasteiger partial charge in [-0.3, -0.25) is 9.59 Å². The van der Waals surface area contributed by atoms with Crippen LogP contribution >= 0.6 is 0 Å². The summed E-state index contributed by atoms with van der Waals surface area (Å²) >= 11 is 0. The maximum atomic E-state index is 12.3. The van der Waals surface area contributed by atoms with Crippen LogP contribution in [0.25, 0.3) is 0 Å². The average Bonchev–Trinajstić information content (AvgIpc) is 2.76. The van der Waals surface area contributed by atoms with Crippen LogP contribution in [0.4, 0.5) is 0 Å². The van der Waals surface area contributed by atoms with Crippen LogP contribution in [0.3, 0.4) is 0 Å². The van der Waals surface area contributed by atoms with E-state index in [9.17, 15) is 9.59 Å². The average molecular weight is 284 g/mol. The number of hydrogen-bond donors (Lipinski definition) is 0. The van der Waals surface area contributed by atoms with Crippen LogP contribution < -0.4 is 0 Å². The fourth-order valence-corrected chi connectivity index (χ4v) is 5.45.